The zero-order valence-electron chi connectivity index (χ0n) is 10.5. The molecule has 0 spiro atoms. The van der Waals surface area contributed by atoms with E-state index < -0.39 is 0 Å². The monoisotopic (exact) mass is 336 g/mol. The fourth-order valence-corrected chi connectivity index (χ4v) is 1.81. The van der Waals surface area contributed by atoms with Crippen molar-refractivity contribution in [2.24, 2.45) is 0 Å². The summed E-state index contributed by atoms with van der Waals surface area (Å²) in [5.41, 5.74) is 1.06. The van der Waals surface area contributed by atoms with E-state index in [9.17, 15) is 0 Å². The number of hydrogen-bond acceptors (Lipinski definition) is 2. The Morgan fingerprint density at radius 1 is 1.38 bits per heavy atom. The minimum atomic E-state index is 0.310. The standard InChI is InChI=1S/C12H21IN2O/c1-5-9(3)15-7-11(13)12(14-15)8-16-10(4)6-2/h7,9-10H,5-6,8H2,1-4H3/t9-,10+/m0/s1. The summed E-state index contributed by atoms with van der Waals surface area (Å²) in [4.78, 5) is 0. The highest BCUT2D eigenvalue weighted by Crippen LogP contribution is 2.17. The summed E-state index contributed by atoms with van der Waals surface area (Å²) < 4.78 is 8.94. The average molecular weight is 336 g/mol. The number of hydrogen-bond donors (Lipinski definition) is 0. The van der Waals surface area contributed by atoms with Gasteiger partial charge in [-0.15, -0.1) is 0 Å². The normalized spacial score (nSPS) is 15.1. The van der Waals surface area contributed by atoms with Gasteiger partial charge < -0.3 is 4.74 Å². The molecule has 1 aromatic rings. The Labute approximate surface area is 112 Å². The van der Waals surface area contributed by atoms with E-state index in [0.29, 0.717) is 18.8 Å². The number of aromatic nitrogens is 2. The van der Waals surface area contributed by atoms with Gasteiger partial charge in [0, 0.05) is 12.2 Å². The van der Waals surface area contributed by atoms with E-state index in [4.69, 9.17) is 4.74 Å². The molecule has 0 amide bonds. The molecule has 0 radical (unpaired) electrons. The molecule has 1 rings (SSSR count). The Bertz CT molecular complexity index is 325. The summed E-state index contributed by atoms with van der Waals surface area (Å²) in [7, 11) is 0. The van der Waals surface area contributed by atoms with Crippen molar-refractivity contribution in [1.82, 2.24) is 9.78 Å². The third-order valence-electron chi connectivity index (χ3n) is 2.88. The molecule has 0 unspecified atom stereocenters. The molecule has 0 saturated carbocycles. The first-order chi connectivity index (χ1) is 7.58. The Hall–Kier alpha value is -0.100. The molecule has 0 N–H and O–H groups in total. The van der Waals surface area contributed by atoms with Gasteiger partial charge in [-0.3, -0.25) is 4.68 Å². The Morgan fingerprint density at radius 2 is 2.06 bits per heavy atom. The molecule has 1 aromatic heterocycles. The van der Waals surface area contributed by atoms with Crippen LogP contribution in [0.4, 0.5) is 0 Å². The maximum absolute atomic E-state index is 5.70. The van der Waals surface area contributed by atoms with E-state index in [1.54, 1.807) is 0 Å². The number of nitrogens with zero attached hydrogens (tertiary/aromatic N) is 2. The molecule has 1 heterocycles. The molecule has 2 atom stereocenters. The van der Waals surface area contributed by atoms with Crippen molar-refractivity contribution >= 4 is 22.6 Å². The molecular formula is C12H21IN2O. The second-order valence-electron chi connectivity index (χ2n) is 4.19. The zero-order chi connectivity index (χ0) is 12.1. The van der Waals surface area contributed by atoms with Gasteiger partial charge in [0.05, 0.1) is 16.3 Å². The maximum atomic E-state index is 5.70. The summed E-state index contributed by atoms with van der Waals surface area (Å²) in [5, 5.41) is 4.57. The SMILES string of the molecule is CC[C@@H](C)OCc1nn([C@@H](C)CC)cc1I. The van der Waals surface area contributed by atoms with Crippen molar-refractivity contribution < 1.29 is 4.74 Å². The minimum absolute atomic E-state index is 0.310. The van der Waals surface area contributed by atoms with Gasteiger partial charge in [-0.1, -0.05) is 13.8 Å². The second kappa shape index (κ2) is 6.59. The van der Waals surface area contributed by atoms with E-state index >= 15 is 0 Å². The molecule has 0 aromatic carbocycles. The molecular weight excluding hydrogens is 315 g/mol. The Balaban J connectivity index is 2.63. The van der Waals surface area contributed by atoms with Crippen LogP contribution in [0.15, 0.2) is 6.20 Å². The second-order valence-corrected chi connectivity index (χ2v) is 5.35. The van der Waals surface area contributed by atoms with Crippen LogP contribution in [0.5, 0.6) is 0 Å². The number of halogens is 1. The van der Waals surface area contributed by atoms with E-state index in [1.165, 1.54) is 3.57 Å². The van der Waals surface area contributed by atoms with Crippen molar-refractivity contribution in [2.45, 2.75) is 59.3 Å². The van der Waals surface area contributed by atoms with Crippen LogP contribution in [-0.4, -0.2) is 15.9 Å². The van der Waals surface area contributed by atoms with E-state index in [1.807, 2.05) is 4.68 Å². The summed E-state index contributed by atoms with van der Waals surface area (Å²) in [6, 6.07) is 0.464. The molecule has 0 aliphatic carbocycles. The zero-order valence-corrected chi connectivity index (χ0v) is 12.7. The summed E-state index contributed by atoms with van der Waals surface area (Å²) in [6.07, 6.45) is 4.56. The summed E-state index contributed by atoms with van der Waals surface area (Å²) in [5.74, 6) is 0. The smallest absolute Gasteiger partial charge is 0.101 e. The van der Waals surface area contributed by atoms with Gasteiger partial charge in [-0.2, -0.15) is 5.10 Å². The first kappa shape index (κ1) is 14.0. The lowest BCUT2D eigenvalue weighted by molar-refractivity contribution is 0.0481. The van der Waals surface area contributed by atoms with Gasteiger partial charge in [0.15, 0.2) is 0 Å². The lowest BCUT2D eigenvalue weighted by Crippen LogP contribution is -2.08. The molecule has 4 heteroatoms. The fourth-order valence-electron chi connectivity index (χ4n) is 1.26. The predicted octanol–water partition coefficient (Wildman–Crippen LogP) is 3.77. The molecule has 0 saturated heterocycles. The highest BCUT2D eigenvalue weighted by Gasteiger charge is 2.11. The number of rotatable bonds is 6. The summed E-state index contributed by atoms with van der Waals surface area (Å²) >= 11 is 2.33. The van der Waals surface area contributed by atoms with Crippen LogP contribution in [0.2, 0.25) is 0 Å². The summed E-state index contributed by atoms with van der Waals surface area (Å²) in [6.45, 7) is 9.21. The molecule has 3 nitrogen and oxygen atoms in total. The molecule has 0 aliphatic heterocycles. The van der Waals surface area contributed by atoms with E-state index in [0.717, 1.165) is 18.5 Å². The van der Waals surface area contributed by atoms with Gasteiger partial charge in [0.25, 0.3) is 0 Å². The average Bonchev–Trinajstić information content (AvgIpc) is 2.66. The maximum Gasteiger partial charge on any atom is 0.101 e. The first-order valence-corrected chi connectivity index (χ1v) is 7.01. The van der Waals surface area contributed by atoms with Crippen molar-refractivity contribution in [3.63, 3.8) is 0 Å². The highest BCUT2D eigenvalue weighted by molar-refractivity contribution is 14.1. The van der Waals surface area contributed by atoms with Crippen LogP contribution >= 0.6 is 22.6 Å². The van der Waals surface area contributed by atoms with Crippen molar-refractivity contribution in [3.8, 4) is 0 Å². The Morgan fingerprint density at radius 3 is 2.62 bits per heavy atom. The van der Waals surface area contributed by atoms with Crippen LogP contribution in [0.25, 0.3) is 0 Å². The lowest BCUT2D eigenvalue weighted by Gasteiger charge is -2.10. The van der Waals surface area contributed by atoms with E-state index in [-0.39, 0.29) is 0 Å². The van der Waals surface area contributed by atoms with Crippen LogP contribution in [0, 0.1) is 3.57 Å². The third kappa shape index (κ3) is 3.73. The van der Waals surface area contributed by atoms with Crippen LogP contribution < -0.4 is 0 Å². The van der Waals surface area contributed by atoms with Crippen LogP contribution in [0.3, 0.4) is 0 Å². The van der Waals surface area contributed by atoms with Crippen LogP contribution in [0.1, 0.15) is 52.3 Å². The van der Waals surface area contributed by atoms with Gasteiger partial charge in [-0.25, -0.2) is 0 Å². The van der Waals surface area contributed by atoms with Crippen molar-refractivity contribution in [3.05, 3.63) is 15.5 Å². The van der Waals surface area contributed by atoms with Gasteiger partial charge >= 0.3 is 0 Å². The first-order valence-electron chi connectivity index (χ1n) is 5.93. The fraction of sp³-hybridized carbons (Fsp3) is 0.750. The van der Waals surface area contributed by atoms with Gasteiger partial charge in [0.1, 0.15) is 5.69 Å². The van der Waals surface area contributed by atoms with Crippen LogP contribution in [-0.2, 0) is 11.3 Å². The lowest BCUT2D eigenvalue weighted by atomic mass is 10.3. The highest BCUT2D eigenvalue weighted by atomic mass is 127. The Kier molecular flexibility index (Phi) is 5.75. The topological polar surface area (TPSA) is 27.1 Å². The van der Waals surface area contributed by atoms with Gasteiger partial charge in [0.2, 0.25) is 0 Å². The molecule has 92 valence electrons. The molecule has 0 bridgehead atoms. The molecule has 0 fully saturated rings. The van der Waals surface area contributed by atoms with Gasteiger partial charge in [-0.05, 0) is 49.3 Å². The van der Waals surface area contributed by atoms with E-state index in [2.05, 4.69) is 61.6 Å². The minimum Gasteiger partial charge on any atom is -0.372 e. The number of ether oxygens (including phenoxy) is 1. The largest absolute Gasteiger partial charge is 0.372 e. The molecule has 0 aliphatic rings. The third-order valence-corrected chi connectivity index (χ3v) is 3.78. The molecule has 16 heavy (non-hydrogen) atoms. The quantitative estimate of drug-likeness (QED) is 0.740. The van der Waals surface area contributed by atoms with Crippen molar-refractivity contribution in [2.75, 3.05) is 0 Å². The predicted molar refractivity (Wildman–Crippen MR) is 74.5 cm³/mol. The van der Waals surface area contributed by atoms with Crippen molar-refractivity contribution in [1.29, 1.82) is 0 Å².